The topological polar surface area (TPSA) is 71.8 Å². The van der Waals surface area contributed by atoms with Crippen LogP contribution in [0, 0.1) is 13.3 Å². The number of aromatic nitrogens is 2. The third kappa shape index (κ3) is 1.59. The predicted molar refractivity (Wildman–Crippen MR) is 53.4 cm³/mol. The first-order chi connectivity index (χ1) is 6.65. The molecule has 0 saturated heterocycles. The molecule has 4 nitrogen and oxygen atoms in total. The second kappa shape index (κ2) is 3.14. The molecule has 2 rings (SSSR count). The Kier molecular flexibility index (Phi) is 1.96. The number of rotatable bonds is 2. The number of carbonyl (C=O) groups excluding carboxylic acids is 1. The smallest absolute Gasteiger partial charge is 0.229 e. The van der Waals surface area contributed by atoms with Gasteiger partial charge in [-0.3, -0.25) is 4.79 Å². The first kappa shape index (κ1) is 8.74. The Morgan fingerprint density at radius 1 is 1.57 bits per heavy atom. The number of nitrogens with two attached hydrogens (primary N) is 1. The van der Waals surface area contributed by atoms with Crippen molar-refractivity contribution >= 4 is 16.9 Å². The summed E-state index contributed by atoms with van der Waals surface area (Å²) in [7, 11) is 0. The highest BCUT2D eigenvalue weighted by molar-refractivity contribution is 5.87. The third-order valence-electron chi connectivity index (χ3n) is 1.94. The van der Waals surface area contributed by atoms with Gasteiger partial charge < -0.3 is 10.7 Å². The van der Waals surface area contributed by atoms with Crippen molar-refractivity contribution in [2.24, 2.45) is 5.73 Å². The van der Waals surface area contributed by atoms with Crippen LogP contribution >= 0.6 is 0 Å². The van der Waals surface area contributed by atoms with Crippen LogP contribution in [0.1, 0.15) is 11.4 Å². The van der Waals surface area contributed by atoms with E-state index in [0.717, 1.165) is 16.6 Å². The summed E-state index contributed by atoms with van der Waals surface area (Å²) in [5.74, 6) is -0.00104. The van der Waals surface area contributed by atoms with Gasteiger partial charge in [-0.05, 0) is 24.6 Å². The predicted octanol–water partition coefficient (Wildman–Crippen LogP) is 0.909. The van der Waals surface area contributed by atoms with E-state index < -0.39 is 5.91 Å². The van der Waals surface area contributed by atoms with Crippen molar-refractivity contribution in [3.8, 4) is 0 Å². The number of fused-ring (bicyclic) bond motifs is 1. The van der Waals surface area contributed by atoms with Crippen molar-refractivity contribution in [2.45, 2.75) is 6.92 Å². The summed E-state index contributed by atoms with van der Waals surface area (Å²) < 4.78 is 0. The van der Waals surface area contributed by atoms with Crippen LogP contribution in [0.4, 0.5) is 0 Å². The van der Waals surface area contributed by atoms with E-state index >= 15 is 0 Å². The van der Waals surface area contributed by atoms with E-state index in [0.29, 0.717) is 5.82 Å². The van der Waals surface area contributed by atoms with Gasteiger partial charge in [0.25, 0.3) is 0 Å². The molecule has 3 N–H and O–H groups in total. The molecule has 0 aliphatic heterocycles. The van der Waals surface area contributed by atoms with Crippen LogP contribution in [0.25, 0.3) is 11.0 Å². The fourth-order valence-corrected chi connectivity index (χ4v) is 1.34. The first-order valence-electron chi connectivity index (χ1n) is 4.26. The van der Waals surface area contributed by atoms with Gasteiger partial charge >= 0.3 is 0 Å². The lowest BCUT2D eigenvalue weighted by Crippen LogP contribution is -2.12. The average Bonchev–Trinajstić information content (AvgIpc) is 2.44. The van der Waals surface area contributed by atoms with E-state index in [-0.39, 0.29) is 0 Å². The zero-order valence-corrected chi connectivity index (χ0v) is 7.74. The summed E-state index contributed by atoms with van der Waals surface area (Å²) in [5.41, 5.74) is 7.91. The van der Waals surface area contributed by atoms with E-state index in [9.17, 15) is 4.79 Å². The number of aromatic amines is 1. The van der Waals surface area contributed by atoms with Crippen molar-refractivity contribution < 1.29 is 4.79 Å². The number of imidazole rings is 1. The van der Waals surface area contributed by atoms with Crippen molar-refractivity contribution in [1.82, 2.24) is 9.97 Å². The molecule has 0 spiro atoms. The Labute approximate surface area is 81.1 Å². The summed E-state index contributed by atoms with van der Waals surface area (Å²) in [6.07, 6.45) is 1.27. The van der Waals surface area contributed by atoms with Crippen molar-refractivity contribution in [1.29, 1.82) is 0 Å². The van der Waals surface area contributed by atoms with Gasteiger partial charge in [-0.15, -0.1) is 0 Å². The molecule has 0 aliphatic rings. The van der Waals surface area contributed by atoms with Gasteiger partial charge in [-0.1, -0.05) is 6.07 Å². The number of nitrogens with zero attached hydrogens (tertiary/aromatic N) is 1. The number of carbonyl (C=O) groups is 1. The Bertz CT molecular complexity index is 487. The highest BCUT2D eigenvalue weighted by Crippen LogP contribution is 2.13. The number of primary amides is 1. The normalized spacial score (nSPS) is 10.6. The lowest BCUT2D eigenvalue weighted by Gasteiger charge is -1.89. The Morgan fingerprint density at radius 2 is 2.36 bits per heavy atom. The zero-order valence-electron chi connectivity index (χ0n) is 7.74. The Hall–Kier alpha value is -1.84. The van der Waals surface area contributed by atoms with Gasteiger partial charge in [-0.25, -0.2) is 4.98 Å². The molecule has 1 aromatic heterocycles. The standard InChI is InChI=1S/C10H10N3O/c1-6-2-3-7-8(4-6)13-10(12-7)5-9(11)14/h2-5H,1H3,(H2,11,14)(H,12,13). The SMILES string of the molecule is Cc1ccc2[nH]c([CH]C(N)=O)nc2c1. The summed E-state index contributed by atoms with van der Waals surface area (Å²) in [4.78, 5) is 17.8. The van der Waals surface area contributed by atoms with E-state index in [1.807, 2.05) is 25.1 Å². The van der Waals surface area contributed by atoms with Crippen molar-refractivity contribution in [3.05, 3.63) is 36.0 Å². The van der Waals surface area contributed by atoms with Gasteiger partial charge in [0.2, 0.25) is 5.91 Å². The fourth-order valence-electron chi connectivity index (χ4n) is 1.34. The minimum atomic E-state index is -0.499. The molecule has 1 amide bonds. The lowest BCUT2D eigenvalue weighted by atomic mass is 10.2. The first-order valence-corrected chi connectivity index (χ1v) is 4.26. The van der Waals surface area contributed by atoms with Crippen LogP contribution in [0.15, 0.2) is 18.2 Å². The van der Waals surface area contributed by atoms with Gasteiger partial charge in [0.05, 0.1) is 11.0 Å². The van der Waals surface area contributed by atoms with Crippen LogP contribution < -0.4 is 5.73 Å². The summed E-state index contributed by atoms with van der Waals surface area (Å²) in [5, 5.41) is 0. The quantitative estimate of drug-likeness (QED) is 0.735. The molecule has 14 heavy (non-hydrogen) atoms. The second-order valence-electron chi connectivity index (χ2n) is 3.19. The van der Waals surface area contributed by atoms with Crippen LogP contribution in [0.5, 0.6) is 0 Å². The number of amides is 1. The van der Waals surface area contributed by atoms with Crippen molar-refractivity contribution in [3.63, 3.8) is 0 Å². The highest BCUT2D eigenvalue weighted by atomic mass is 16.1. The summed E-state index contributed by atoms with van der Waals surface area (Å²) in [6.45, 7) is 1.99. The largest absolute Gasteiger partial charge is 0.369 e. The molecule has 0 bridgehead atoms. The van der Waals surface area contributed by atoms with Crippen LogP contribution in [0.2, 0.25) is 0 Å². The molecule has 2 aromatic rings. The van der Waals surface area contributed by atoms with Gasteiger partial charge in [0.1, 0.15) is 12.2 Å². The Morgan fingerprint density at radius 3 is 3.07 bits per heavy atom. The number of nitrogens with one attached hydrogen (secondary N) is 1. The molecular formula is C10H10N3O. The molecule has 71 valence electrons. The Balaban J connectivity index is 2.46. The minimum absolute atomic E-state index is 0.498. The molecule has 0 unspecified atom stereocenters. The van der Waals surface area contributed by atoms with Crippen LogP contribution in [-0.2, 0) is 4.79 Å². The molecule has 1 aromatic carbocycles. The number of H-pyrrole nitrogens is 1. The lowest BCUT2D eigenvalue weighted by molar-refractivity contribution is -0.114. The van der Waals surface area contributed by atoms with Crippen LogP contribution in [0.3, 0.4) is 0 Å². The molecule has 1 radical (unpaired) electrons. The summed E-state index contributed by atoms with van der Waals surface area (Å²) >= 11 is 0. The second-order valence-corrected chi connectivity index (χ2v) is 3.19. The van der Waals surface area contributed by atoms with Crippen molar-refractivity contribution in [2.75, 3.05) is 0 Å². The fraction of sp³-hybridized carbons (Fsp3) is 0.100. The van der Waals surface area contributed by atoms with Gasteiger partial charge in [0, 0.05) is 0 Å². The maximum absolute atomic E-state index is 10.6. The molecule has 0 fully saturated rings. The molecular weight excluding hydrogens is 178 g/mol. The molecule has 0 saturated carbocycles. The maximum atomic E-state index is 10.6. The average molecular weight is 188 g/mol. The molecule has 0 aliphatic carbocycles. The van der Waals surface area contributed by atoms with E-state index in [1.165, 1.54) is 6.42 Å². The van der Waals surface area contributed by atoms with Gasteiger partial charge in [-0.2, -0.15) is 0 Å². The summed E-state index contributed by atoms with van der Waals surface area (Å²) in [6, 6.07) is 5.86. The van der Waals surface area contributed by atoms with Gasteiger partial charge in [0.15, 0.2) is 0 Å². The maximum Gasteiger partial charge on any atom is 0.229 e. The number of aryl methyl sites for hydroxylation is 1. The number of benzene rings is 1. The number of hydrogen-bond donors (Lipinski definition) is 2. The molecule has 1 heterocycles. The number of hydrogen-bond acceptors (Lipinski definition) is 2. The van der Waals surface area contributed by atoms with E-state index in [4.69, 9.17) is 5.73 Å². The third-order valence-corrected chi connectivity index (χ3v) is 1.94. The molecule has 0 atom stereocenters. The van der Waals surface area contributed by atoms with Crippen LogP contribution in [-0.4, -0.2) is 15.9 Å². The zero-order chi connectivity index (χ0) is 10.1. The molecule has 4 heteroatoms. The van der Waals surface area contributed by atoms with E-state index in [2.05, 4.69) is 9.97 Å². The highest BCUT2D eigenvalue weighted by Gasteiger charge is 2.05. The monoisotopic (exact) mass is 188 g/mol. The van der Waals surface area contributed by atoms with E-state index in [1.54, 1.807) is 0 Å². The minimum Gasteiger partial charge on any atom is -0.369 e.